The summed E-state index contributed by atoms with van der Waals surface area (Å²) in [6, 6.07) is 15.6. The van der Waals surface area contributed by atoms with E-state index in [4.69, 9.17) is 4.74 Å². The van der Waals surface area contributed by atoms with Crippen molar-refractivity contribution in [1.82, 2.24) is 14.7 Å². The molecular formula is C29H33N3O8S. The number of carboxylic acids is 1. The summed E-state index contributed by atoms with van der Waals surface area (Å²) in [6.45, 7) is 1.67. The van der Waals surface area contributed by atoms with Crippen LogP contribution in [0.15, 0.2) is 71.6 Å². The molecule has 2 unspecified atom stereocenters. The number of sulfonamides is 1. The first-order valence-electron chi connectivity index (χ1n) is 13.2. The minimum Gasteiger partial charge on any atom is -0.497 e. The van der Waals surface area contributed by atoms with Crippen molar-refractivity contribution in [1.29, 1.82) is 0 Å². The molecular weight excluding hydrogens is 550 g/mol. The van der Waals surface area contributed by atoms with Crippen molar-refractivity contribution in [2.24, 2.45) is 5.92 Å². The number of methoxy groups -OCH3 is 1. The minimum atomic E-state index is -4.50. The molecule has 0 bridgehead atoms. The highest BCUT2D eigenvalue weighted by molar-refractivity contribution is 7.89. The van der Waals surface area contributed by atoms with Gasteiger partial charge in [0, 0.05) is 13.1 Å². The monoisotopic (exact) mass is 583 g/mol. The van der Waals surface area contributed by atoms with E-state index in [0.29, 0.717) is 11.3 Å². The van der Waals surface area contributed by atoms with Crippen LogP contribution in [-0.4, -0.2) is 78.0 Å². The van der Waals surface area contributed by atoms with Crippen molar-refractivity contribution < 1.29 is 37.9 Å². The highest BCUT2D eigenvalue weighted by Crippen LogP contribution is 2.29. The summed E-state index contributed by atoms with van der Waals surface area (Å²) in [5.74, 6) is -2.68. The predicted octanol–water partition coefficient (Wildman–Crippen LogP) is 2.67. The largest absolute Gasteiger partial charge is 0.497 e. The minimum absolute atomic E-state index is 0.136. The zero-order valence-corrected chi connectivity index (χ0v) is 23.6. The number of likely N-dealkylation sites (tertiary alicyclic amines) is 1. The molecule has 12 heteroatoms. The molecule has 4 rings (SSSR count). The van der Waals surface area contributed by atoms with Gasteiger partial charge in [0.15, 0.2) is 0 Å². The van der Waals surface area contributed by atoms with Gasteiger partial charge in [0.2, 0.25) is 15.9 Å². The van der Waals surface area contributed by atoms with Gasteiger partial charge in [-0.15, -0.1) is 0 Å². The van der Waals surface area contributed by atoms with Gasteiger partial charge in [-0.2, -0.15) is 4.31 Å². The second-order valence-corrected chi connectivity index (χ2v) is 11.8. The zero-order valence-electron chi connectivity index (χ0n) is 22.8. The third-order valence-electron chi connectivity index (χ3n) is 7.54. The maximum absolute atomic E-state index is 14.2. The van der Waals surface area contributed by atoms with E-state index < -0.39 is 45.8 Å². The number of hydrogen-bond donors (Lipinski definition) is 3. The molecule has 11 nitrogen and oxygen atoms in total. The number of hydrogen-bond acceptors (Lipinski definition) is 7. The van der Waals surface area contributed by atoms with Crippen molar-refractivity contribution in [3.05, 3.63) is 72.3 Å². The number of amides is 2. The van der Waals surface area contributed by atoms with E-state index in [0.717, 1.165) is 15.1 Å². The summed E-state index contributed by atoms with van der Waals surface area (Å²) >= 11 is 0. The Labute approximate surface area is 238 Å². The van der Waals surface area contributed by atoms with Gasteiger partial charge in [-0.05, 0) is 66.8 Å². The number of benzene rings is 3. The first kappa shape index (κ1) is 30.0. The molecule has 3 aromatic rings. The van der Waals surface area contributed by atoms with Gasteiger partial charge < -0.3 is 14.7 Å². The number of aliphatic carboxylic acids is 1. The number of nitrogens with zero attached hydrogens (tertiary/aromatic N) is 2. The quantitative estimate of drug-likeness (QED) is 0.243. The third kappa shape index (κ3) is 6.34. The second kappa shape index (κ2) is 12.7. The van der Waals surface area contributed by atoms with E-state index in [9.17, 15) is 33.1 Å². The Morgan fingerprint density at radius 3 is 2.27 bits per heavy atom. The Hall–Kier alpha value is -4.00. The van der Waals surface area contributed by atoms with Crippen LogP contribution in [0.3, 0.4) is 0 Å². The highest BCUT2D eigenvalue weighted by atomic mass is 32.2. The summed E-state index contributed by atoms with van der Waals surface area (Å²) in [7, 11) is -3.06. The zero-order chi connectivity index (χ0) is 29.7. The molecule has 218 valence electrons. The molecule has 1 saturated heterocycles. The normalized spacial score (nSPS) is 15.9. The van der Waals surface area contributed by atoms with E-state index in [2.05, 4.69) is 0 Å². The third-order valence-corrected chi connectivity index (χ3v) is 9.54. The number of carboxylic acid groups (broad SMARTS) is 1. The topological polar surface area (TPSA) is 154 Å². The van der Waals surface area contributed by atoms with E-state index >= 15 is 0 Å². The molecule has 0 aromatic heterocycles. The van der Waals surface area contributed by atoms with Crippen LogP contribution in [-0.2, 0) is 30.8 Å². The Kier molecular flexibility index (Phi) is 9.26. The molecule has 0 aliphatic carbocycles. The number of hydroxylamine groups is 1. The molecule has 3 aromatic carbocycles. The fourth-order valence-corrected chi connectivity index (χ4v) is 7.02. The van der Waals surface area contributed by atoms with Crippen LogP contribution in [0.1, 0.15) is 25.3 Å². The van der Waals surface area contributed by atoms with Crippen LogP contribution in [0.4, 0.5) is 0 Å². The molecule has 0 radical (unpaired) electrons. The lowest BCUT2D eigenvalue weighted by molar-refractivity contribution is -0.147. The summed E-state index contributed by atoms with van der Waals surface area (Å²) < 4.78 is 34.4. The second-order valence-electron chi connectivity index (χ2n) is 9.96. The standard InChI is InChI=1S/C29H33N3O8S/c1-19(28(34)31-16-14-21(15-17-31)29(35)36)32(41(38,39)24-12-10-23(40-2)11-13-24)26(27(33)30-37)18-22-8-5-7-20-6-3-4-9-25(20)22/h3-13,19,21,26,37H,14-18H2,1-2H3,(H,30,33)(H,35,36). The number of fused-ring (bicyclic) bond motifs is 1. The number of carbonyl (C=O) groups excluding carboxylic acids is 2. The van der Waals surface area contributed by atoms with Crippen molar-refractivity contribution in [2.75, 3.05) is 20.2 Å². The maximum atomic E-state index is 14.2. The number of piperidine rings is 1. The number of rotatable bonds is 10. The van der Waals surface area contributed by atoms with Gasteiger partial charge >= 0.3 is 5.97 Å². The van der Waals surface area contributed by atoms with E-state index in [1.165, 1.54) is 43.2 Å². The average molecular weight is 584 g/mol. The maximum Gasteiger partial charge on any atom is 0.306 e. The van der Waals surface area contributed by atoms with Crippen molar-refractivity contribution in [2.45, 2.75) is 43.2 Å². The Bertz CT molecular complexity index is 1510. The Morgan fingerprint density at radius 1 is 1.02 bits per heavy atom. The van der Waals surface area contributed by atoms with Gasteiger partial charge in [-0.25, -0.2) is 13.9 Å². The van der Waals surface area contributed by atoms with Crippen LogP contribution in [0, 0.1) is 5.92 Å². The van der Waals surface area contributed by atoms with Gasteiger partial charge in [-0.3, -0.25) is 19.6 Å². The van der Waals surface area contributed by atoms with E-state index in [-0.39, 0.29) is 37.2 Å². The lowest BCUT2D eigenvalue weighted by atomic mass is 9.96. The van der Waals surface area contributed by atoms with E-state index in [1.54, 1.807) is 17.6 Å². The summed E-state index contributed by atoms with van der Waals surface area (Å²) in [5.41, 5.74) is 2.24. The van der Waals surface area contributed by atoms with Crippen molar-refractivity contribution in [3.63, 3.8) is 0 Å². The first-order chi connectivity index (χ1) is 19.6. The van der Waals surface area contributed by atoms with Gasteiger partial charge in [0.25, 0.3) is 5.91 Å². The van der Waals surface area contributed by atoms with Crippen LogP contribution in [0.5, 0.6) is 5.75 Å². The highest BCUT2D eigenvalue weighted by Gasteiger charge is 2.44. The van der Waals surface area contributed by atoms with Crippen LogP contribution in [0.25, 0.3) is 10.8 Å². The summed E-state index contributed by atoms with van der Waals surface area (Å²) in [5, 5.41) is 20.7. The molecule has 1 fully saturated rings. The molecule has 1 aliphatic heterocycles. The smallest absolute Gasteiger partial charge is 0.306 e. The fourth-order valence-electron chi connectivity index (χ4n) is 5.29. The molecule has 41 heavy (non-hydrogen) atoms. The molecule has 2 amide bonds. The molecule has 0 spiro atoms. The number of carbonyl (C=O) groups is 3. The fraction of sp³-hybridized carbons (Fsp3) is 0.345. The van der Waals surface area contributed by atoms with Crippen LogP contribution >= 0.6 is 0 Å². The van der Waals surface area contributed by atoms with Crippen molar-refractivity contribution in [3.8, 4) is 5.75 Å². The Morgan fingerprint density at radius 2 is 1.66 bits per heavy atom. The van der Waals surface area contributed by atoms with Gasteiger partial charge in [0.1, 0.15) is 17.8 Å². The molecule has 1 heterocycles. The molecule has 3 N–H and O–H groups in total. The predicted molar refractivity (Wildman–Crippen MR) is 150 cm³/mol. The van der Waals surface area contributed by atoms with Crippen LogP contribution < -0.4 is 10.2 Å². The first-order valence-corrected chi connectivity index (χ1v) is 14.6. The lowest BCUT2D eigenvalue weighted by Crippen LogP contribution is -2.58. The number of nitrogens with one attached hydrogen (secondary N) is 1. The van der Waals surface area contributed by atoms with Crippen molar-refractivity contribution >= 4 is 38.6 Å². The molecule has 1 aliphatic rings. The van der Waals surface area contributed by atoms with E-state index in [1.807, 2.05) is 30.3 Å². The Balaban J connectivity index is 1.78. The van der Waals surface area contributed by atoms with Crippen LogP contribution in [0.2, 0.25) is 0 Å². The summed E-state index contributed by atoms with van der Waals surface area (Å²) in [4.78, 5) is 39.6. The SMILES string of the molecule is COc1ccc(S(=O)(=O)N(C(C)C(=O)N2CCC(C(=O)O)CC2)C(Cc2cccc3ccccc23)C(=O)NO)cc1. The molecule has 0 saturated carbocycles. The number of ether oxygens (including phenoxy) is 1. The lowest BCUT2D eigenvalue weighted by Gasteiger charge is -2.38. The molecule has 2 atom stereocenters. The summed E-state index contributed by atoms with van der Waals surface area (Å²) in [6.07, 6.45) is 0.326. The van der Waals surface area contributed by atoms with Gasteiger partial charge in [0.05, 0.1) is 17.9 Å². The average Bonchev–Trinajstić information content (AvgIpc) is 2.99. The van der Waals surface area contributed by atoms with Gasteiger partial charge in [-0.1, -0.05) is 42.5 Å².